The molecule has 0 aromatic heterocycles. The molecule has 0 aliphatic carbocycles. The maximum Gasteiger partial charge on any atom is 0.293 e. The van der Waals surface area contributed by atoms with Crippen LogP contribution in [0.5, 0.6) is 0 Å². The highest BCUT2D eigenvalue weighted by atomic mass is 16.2. The van der Waals surface area contributed by atoms with Gasteiger partial charge in [0.2, 0.25) is 5.78 Å². The first kappa shape index (κ1) is 9.85. The van der Waals surface area contributed by atoms with E-state index in [1.54, 1.807) is 0 Å². The first-order chi connectivity index (χ1) is 6.13. The highest BCUT2D eigenvalue weighted by molar-refractivity contribution is 6.63. The Balaban J connectivity index is 2.55. The third-order valence-corrected chi connectivity index (χ3v) is 2.12. The van der Waals surface area contributed by atoms with Gasteiger partial charge in [0, 0.05) is 12.5 Å². The number of carbonyl (C=O) groups is 3. The Bertz CT molecular complexity index is 244. The van der Waals surface area contributed by atoms with Crippen molar-refractivity contribution in [2.75, 3.05) is 13.1 Å². The molecule has 1 saturated heterocycles. The van der Waals surface area contributed by atoms with Crippen LogP contribution in [-0.2, 0) is 14.4 Å². The molecule has 1 atom stereocenters. The number of rotatable bonds is 3. The van der Waals surface area contributed by atoms with Crippen LogP contribution in [0.1, 0.15) is 12.8 Å². The first-order valence-corrected chi connectivity index (χ1v) is 4.21. The Morgan fingerprint density at radius 1 is 1.31 bits per heavy atom. The summed E-state index contributed by atoms with van der Waals surface area (Å²) in [5, 5.41) is 2.98. The summed E-state index contributed by atoms with van der Waals surface area (Å²) < 4.78 is 0. The molecule has 3 N–H and O–H groups in total. The summed E-state index contributed by atoms with van der Waals surface area (Å²) in [6, 6.07) is 0. The second kappa shape index (κ2) is 4.13. The van der Waals surface area contributed by atoms with Crippen LogP contribution >= 0.6 is 0 Å². The number of amides is 1. The van der Waals surface area contributed by atoms with E-state index in [1.165, 1.54) is 0 Å². The third-order valence-electron chi connectivity index (χ3n) is 2.12. The number of primary amides is 1. The van der Waals surface area contributed by atoms with Gasteiger partial charge in [0.05, 0.1) is 0 Å². The Hall–Kier alpha value is -1.23. The quantitative estimate of drug-likeness (QED) is 0.417. The molecule has 1 fully saturated rings. The van der Waals surface area contributed by atoms with Crippen molar-refractivity contribution >= 4 is 17.5 Å². The second-order valence-corrected chi connectivity index (χ2v) is 3.10. The molecule has 1 amide bonds. The maximum absolute atomic E-state index is 11.2. The van der Waals surface area contributed by atoms with Crippen molar-refractivity contribution < 1.29 is 14.4 Å². The summed E-state index contributed by atoms with van der Waals surface area (Å²) in [5.74, 6) is -3.25. The van der Waals surface area contributed by atoms with Gasteiger partial charge in [-0.05, 0) is 19.4 Å². The van der Waals surface area contributed by atoms with E-state index in [4.69, 9.17) is 5.73 Å². The Labute approximate surface area is 75.7 Å². The van der Waals surface area contributed by atoms with E-state index in [9.17, 15) is 14.4 Å². The fraction of sp³-hybridized carbons (Fsp3) is 0.625. The summed E-state index contributed by atoms with van der Waals surface area (Å²) >= 11 is 0. The molecule has 1 heterocycles. The van der Waals surface area contributed by atoms with Crippen molar-refractivity contribution in [3.8, 4) is 0 Å². The average Bonchev–Trinajstić information content (AvgIpc) is 2.17. The SMILES string of the molecule is NC(=O)C(=O)C(=O)C1CCCNC1. The van der Waals surface area contributed by atoms with Crippen molar-refractivity contribution in [1.82, 2.24) is 5.32 Å². The number of nitrogens with one attached hydrogen (secondary N) is 1. The summed E-state index contributed by atoms with van der Waals surface area (Å²) in [5.41, 5.74) is 4.71. The molecule has 1 unspecified atom stereocenters. The fourth-order valence-corrected chi connectivity index (χ4v) is 1.38. The smallest absolute Gasteiger partial charge is 0.293 e. The lowest BCUT2D eigenvalue weighted by atomic mass is 9.93. The van der Waals surface area contributed by atoms with Crippen LogP contribution in [-0.4, -0.2) is 30.6 Å². The van der Waals surface area contributed by atoms with Crippen LogP contribution in [0.25, 0.3) is 0 Å². The van der Waals surface area contributed by atoms with E-state index in [1.807, 2.05) is 0 Å². The minimum absolute atomic E-state index is 0.367. The number of nitrogens with two attached hydrogens (primary N) is 1. The van der Waals surface area contributed by atoms with Gasteiger partial charge in [-0.1, -0.05) is 0 Å². The fourth-order valence-electron chi connectivity index (χ4n) is 1.38. The van der Waals surface area contributed by atoms with Gasteiger partial charge in [-0.3, -0.25) is 14.4 Å². The average molecular weight is 184 g/mol. The molecule has 0 saturated carbocycles. The molecule has 1 aliphatic rings. The maximum atomic E-state index is 11.2. The minimum Gasteiger partial charge on any atom is -0.363 e. The molecule has 0 aromatic carbocycles. The molecule has 5 nitrogen and oxygen atoms in total. The van der Waals surface area contributed by atoms with Crippen LogP contribution in [0, 0.1) is 5.92 Å². The van der Waals surface area contributed by atoms with E-state index in [2.05, 4.69) is 5.32 Å². The van der Waals surface area contributed by atoms with Crippen molar-refractivity contribution in [1.29, 1.82) is 0 Å². The second-order valence-electron chi connectivity index (χ2n) is 3.10. The van der Waals surface area contributed by atoms with Crippen LogP contribution in [0.3, 0.4) is 0 Å². The van der Waals surface area contributed by atoms with Gasteiger partial charge in [0.25, 0.3) is 11.7 Å². The highest BCUT2D eigenvalue weighted by Crippen LogP contribution is 2.11. The van der Waals surface area contributed by atoms with Gasteiger partial charge in [-0.25, -0.2) is 0 Å². The lowest BCUT2D eigenvalue weighted by Gasteiger charge is -2.19. The Kier molecular flexibility index (Phi) is 3.13. The lowest BCUT2D eigenvalue weighted by Crippen LogP contribution is -2.41. The summed E-state index contributed by atoms with van der Waals surface area (Å²) in [6.45, 7) is 1.33. The molecule has 0 spiro atoms. The summed E-state index contributed by atoms with van der Waals surface area (Å²) in [4.78, 5) is 32.6. The summed E-state index contributed by atoms with van der Waals surface area (Å²) in [7, 11) is 0. The summed E-state index contributed by atoms with van der Waals surface area (Å²) in [6.07, 6.45) is 1.51. The predicted molar refractivity (Wildman–Crippen MR) is 44.8 cm³/mol. The zero-order chi connectivity index (χ0) is 9.84. The number of carbonyl (C=O) groups excluding carboxylic acids is 3. The molecular weight excluding hydrogens is 172 g/mol. The monoisotopic (exact) mass is 184 g/mol. The van der Waals surface area contributed by atoms with Crippen LogP contribution < -0.4 is 11.1 Å². The molecule has 0 bridgehead atoms. The Morgan fingerprint density at radius 3 is 2.46 bits per heavy atom. The number of hydrogen-bond donors (Lipinski definition) is 2. The molecule has 13 heavy (non-hydrogen) atoms. The largest absolute Gasteiger partial charge is 0.363 e. The van der Waals surface area contributed by atoms with E-state index >= 15 is 0 Å². The zero-order valence-electron chi connectivity index (χ0n) is 7.21. The predicted octanol–water partition coefficient (Wildman–Crippen LogP) is -1.39. The van der Waals surface area contributed by atoms with Gasteiger partial charge in [-0.15, -0.1) is 0 Å². The highest BCUT2D eigenvalue weighted by Gasteiger charge is 2.29. The molecule has 1 aliphatic heterocycles. The third kappa shape index (κ3) is 2.35. The molecule has 0 radical (unpaired) electrons. The van der Waals surface area contributed by atoms with Crippen molar-refractivity contribution in [2.24, 2.45) is 11.7 Å². The van der Waals surface area contributed by atoms with Gasteiger partial charge >= 0.3 is 0 Å². The standard InChI is InChI=1S/C8H12N2O3/c9-8(13)7(12)6(11)5-2-1-3-10-4-5/h5,10H,1-4H2,(H2,9,13). The Morgan fingerprint density at radius 2 is 2.00 bits per heavy atom. The van der Waals surface area contributed by atoms with Gasteiger partial charge < -0.3 is 11.1 Å². The topological polar surface area (TPSA) is 89.3 Å². The molecule has 1 rings (SSSR count). The normalized spacial score (nSPS) is 22.3. The number of hydrogen-bond acceptors (Lipinski definition) is 4. The van der Waals surface area contributed by atoms with E-state index in [-0.39, 0.29) is 5.92 Å². The van der Waals surface area contributed by atoms with Gasteiger partial charge in [0.1, 0.15) is 0 Å². The van der Waals surface area contributed by atoms with E-state index < -0.39 is 17.5 Å². The van der Waals surface area contributed by atoms with Crippen LogP contribution in [0.4, 0.5) is 0 Å². The van der Waals surface area contributed by atoms with Crippen molar-refractivity contribution in [3.63, 3.8) is 0 Å². The van der Waals surface area contributed by atoms with Crippen molar-refractivity contribution in [2.45, 2.75) is 12.8 Å². The van der Waals surface area contributed by atoms with Gasteiger partial charge in [0.15, 0.2) is 0 Å². The van der Waals surface area contributed by atoms with Crippen LogP contribution in [0.15, 0.2) is 0 Å². The minimum atomic E-state index is -1.16. The van der Waals surface area contributed by atoms with Crippen molar-refractivity contribution in [3.05, 3.63) is 0 Å². The van der Waals surface area contributed by atoms with Crippen LogP contribution in [0.2, 0.25) is 0 Å². The molecule has 0 aromatic rings. The molecule has 5 heteroatoms. The number of piperidine rings is 1. The number of Topliss-reactive ketones (excluding diaryl/α,β-unsaturated/α-hetero) is 2. The number of ketones is 2. The lowest BCUT2D eigenvalue weighted by molar-refractivity contribution is -0.145. The zero-order valence-corrected chi connectivity index (χ0v) is 7.21. The van der Waals surface area contributed by atoms with Gasteiger partial charge in [-0.2, -0.15) is 0 Å². The van der Waals surface area contributed by atoms with E-state index in [0.29, 0.717) is 13.0 Å². The molecule has 72 valence electrons. The first-order valence-electron chi connectivity index (χ1n) is 4.21. The molecular formula is C8H12N2O3. The van der Waals surface area contributed by atoms with E-state index in [0.717, 1.165) is 13.0 Å².